The molecule has 1 fully saturated rings. The second-order valence-electron chi connectivity index (χ2n) is 5.92. The average molecular weight is 305 g/mol. The van der Waals surface area contributed by atoms with Gasteiger partial charge in [0.25, 0.3) is 0 Å². The molecule has 2 N–H and O–H groups in total. The van der Waals surface area contributed by atoms with Crippen LogP contribution in [0.25, 0.3) is 0 Å². The third-order valence-corrected chi connectivity index (χ3v) is 4.12. The first-order valence-corrected chi connectivity index (χ1v) is 7.66. The highest BCUT2D eigenvalue weighted by atomic mass is 16.5. The summed E-state index contributed by atoms with van der Waals surface area (Å²) in [5.74, 6) is -1.11. The number of carboxylic acids is 1. The SMILES string of the molecule is Cc1ccccc1C(CC(=O)O)NC(=O)C1CCOC(C)C1. The first-order chi connectivity index (χ1) is 10.5. The Kier molecular flexibility index (Phi) is 5.55. The first-order valence-electron chi connectivity index (χ1n) is 7.66. The summed E-state index contributed by atoms with van der Waals surface area (Å²) < 4.78 is 5.46. The summed E-state index contributed by atoms with van der Waals surface area (Å²) in [6.07, 6.45) is 1.32. The largest absolute Gasteiger partial charge is 0.481 e. The van der Waals surface area contributed by atoms with Crippen molar-refractivity contribution in [3.05, 3.63) is 35.4 Å². The molecule has 0 aromatic heterocycles. The van der Waals surface area contributed by atoms with Crippen molar-refractivity contribution in [1.82, 2.24) is 5.32 Å². The van der Waals surface area contributed by atoms with E-state index in [9.17, 15) is 9.59 Å². The van der Waals surface area contributed by atoms with Gasteiger partial charge in [-0.05, 0) is 37.8 Å². The molecule has 22 heavy (non-hydrogen) atoms. The van der Waals surface area contributed by atoms with Crippen molar-refractivity contribution < 1.29 is 19.4 Å². The van der Waals surface area contributed by atoms with Gasteiger partial charge in [0.05, 0.1) is 18.6 Å². The topological polar surface area (TPSA) is 75.6 Å². The molecular formula is C17H23NO4. The number of hydrogen-bond donors (Lipinski definition) is 2. The highest BCUT2D eigenvalue weighted by Crippen LogP contribution is 2.24. The molecular weight excluding hydrogens is 282 g/mol. The van der Waals surface area contributed by atoms with E-state index in [1.807, 2.05) is 38.1 Å². The fourth-order valence-corrected chi connectivity index (χ4v) is 2.92. The Morgan fingerprint density at radius 3 is 2.77 bits per heavy atom. The Balaban J connectivity index is 2.11. The number of ether oxygens (including phenoxy) is 1. The van der Waals surface area contributed by atoms with Crippen molar-refractivity contribution in [2.75, 3.05) is 6.61 Å². The summed E-state index contributed by atoms with van der Waals surface area (Å²) in [5, 5.41) is 12.1. The second kappa shape index (κ2) is 7.40. The summed E-state index contributed by atoms with van der Waals surface area (Å²) in [6, 6.07) is 7.06. The Morgan fingerprint density at radius 2 is 2.14 bits per heavy atom. The minimum Gasteiger partial charge on any atom is -0.481 e. The number of hydrogen-bond acceptors (Lipinski definition) is 3. The molecule has 0 bridgehead atoms. The van der Waals surface area contributed by atoms with Gasteiger partial charge in [0.15, 0.2) is 0 Å². The van der Waals surface area contributed by atoms with Gasteiger partial charge < -0.3 is 15.2 Å². The number of nitrogens with one attached hydrogen (secondary N) is 1. The lowest BCUT2D eigenvalue weighted by Gasteiger charge is -2.28. The van der Waals surface area contributed by atoms with Crippen molar-refractivity contribution in [2.24, 2.45) is 5.92 Å². The number of aryl methyl sites for hydroxylation is 1. The predicted octanol–water partition coefficient (Wildman–Crippen LogP) is 2.44. The van der Waals surface area contributed by atoms with E-state index in [4.69, 9.17) is 9.84 Å². The maximum atomic E-state index is 12.5. The number of carbonyl (C=O) groups is 2. The number of amides is 1. The fourth-order valence-electron chi connectivity index (χ4n) is 2.92. The first kappa shape index (κ1) is 16.5. The van der Waals surface area contributed by atoms with E-state index in [1.165, 1.54) is 0 Å². The minimum atomic E-state index is -0.922. The van der Waals surface area contributed by atoms with Crippen LogP contribution in [0, 0.1) is 12.8 Å². The van der Waals surface area contributed by atoms with Gasteiger partial charge in [-0.15, -0.1) is 0 Å². The van der Waals surface area contributed by atoms with E-state index in [-0.39, 0.29) is 24.3 Å². The molecule has 0 saturated carbocycles. The maximum absolute atomic E-state index is 12.5. The second-order valence-corrected chi connectivity index (χ2v) is 5.92. The normalized spacial score (nSPS) is 22.8. The molecule has 1 aromatic rings. The molecule has 0 aliphatic carbocycles. The molecule has 5 nitrogen and oxygen atoms in total. The lowest BCUT2D eigenvalue weighted by molar-refractivity contribution is -0.138. The molecule has 3 unspecified atom stereocenters. The molecule has 1 aliphatic rings. The molecule has 0 spiro atoms. The van der Waals surface area contributed by atoms with Gasteiger partial charge >= 0.3 is 5.97 Å². The van der Waals surface area contributed by atoms with Gasteiger partial charge in [0, 0.05) is 12.5 Å². The molecule has 3 atom stereocenters. The van der Waals surface area contributed by atoms with Gasteiger partial charge in [-0.2, -0.15) is 0 Å². The maximum Gasteiger partial charge on any atom is 0.305 e. The van der Waals surface area contributed by atoms with E-state index in [2.05, 4.69) is 5.32 Å². The predicted molar refractivity (Wildman–Crippen MR) is 82.5 cm³/mol. The van der Waals surface area contributed by atoms with E-state index in [1.54, 1.807) is 0 Å². The summed E-state index contributed by atoms with van der Waals surface area (Å²) in [4.78, 5) is 23.6. The van der Waals surface area contributed by atoms with Gasteiger partial charge in [0.2, 0.25) is 5.91 Å². The van der Waals surface area contributed by atoms with Crippen molar-refractivity contribution in [3.63, 3.8) is 0 Å². The summed E-state index contributed by atoms with van der Waals surface area (Å²) >= 11 is 0. The van der Waals surface area contributed by atoms with Crippen LogP contribution in [0.2, 0.25) is 0 Å². The van der Waals surface area contributed by atoms with Crippen LogP contribution < -0.4 is 5.32 Å². The van der Waals surface area contributed by atoms with E-state index < -0.39 is 12.0 Å². The number of rotatable bonds is 5. The molecule has 1 aromatic carbocycles. The summed E-state index contributed by atoms with van der Waals surface area (Å²) in [5.41, 5.74) is 1.84. The van der Waals surface area contributed by atoms with E-state index >= 15 is 0 Å². The molecule has 120 valence electrons. The number of benzene rings is 1. The fraction of sp³-hybridized carbons (Fsp3) is 0.529. The Bertz CT molecular complexity index is 543. The molecule has 0 radical (unpaired) electrons. The van der Waals surface area contributed by atoms with Crippen molar-refractivity contribution in [1.29, 1.82) is 0 Å². The van der Waals surface area contributed by atoms with Gasteiger partial charge in [-0.25, -0.2) is 0 Å². The third-order valence-electron chi connectivity index (χ3n) is 4.12. The lowest BCUT2D eigenvalue weighted by atomic mass is 9.93. The van der Waals surface area contributed by atoms with Gasteiger partial charge in [0.1, 0.15) is 0 Å². The quantitative estimate of drug-likeness (QED) is 0.876. The minimum absolute atomic E-state index is 0.0703. The van der Waals surface area contributed by atoms with Crippen molar-refractivity contribution >= 4 is 11.9 Å². The van der Waals surface area contributed by atoms with Crippen LogP contribution in [-0.4, -0.2) is 29.7 Å². The Labute approximate surface area is 130 Å². The van der Waals surface area contributed by atoms with Crippen LogP contribution >= 0.6 is 0 Å². The van der Waals surface area contributed by atoms with E-state index in [0.29, 0.717) is 19.4 Å². The Hall–Kier alpha value is -1.88. The van der Waals surface area contributed by atoms with Gasteiger partial charge in [-0.1, -0.05) is 24.3 Å². The molecule has 2 rings (SSSR count). The highest BCUT2D eigenvalue weighted by molar-refractivity contribution is 5.80. The van der Waals surface area contributed by atoms with Crippen LogP contribution in [0.15, 0.2) is 24.3 Å². The van der Waals surface area contributed by atoms with E-state index in [0.717, 1.165) is 11.1 Å². The monoisotopic (exact) mass is 305 g/mol. The van der Waals surface area contributed by atoms with Crippen LogP contribution in [-0.2, 0) is 14.3 Å². The zero-order valence-electron chi connectivity index (χ0n) is 13.0. The van der Waals surface area contributed by atoms with Crippen LogP contribution in [0.3, 0.4) is 0 Å². The number of carbonyl (C=O) groups excluding carboxylic acids is 1. The van der Waals surface area contributed by atoms with Crippen LogP contribution in [0.1, 0.15) is 43.4 Å². The van der Waals surface area contributed by atoms with Crippen molar-refractivity contribution in [2.45, 2.75) is 45.3 Å². The summed E-state index contributed by atoms with van der Waals surface area (Å²) in [7, 11) is 0. The van der Waals surface area contributed by atoms with Crippen LogP contribution in [0.4, 0.5) is 0 Å². The molecule has 5 heteroatoms. The molecule has 1 aliphatic heterocycles. The zero-order chi connectivity index (χ0) is 16.1. The third kappa shape index (κ3) is 4.31. The van der Waals surface area contributed by atoms with Crippen molar-refractivity contribution in [3.8, 4) is 0 Å². The van der Waals surface area contributed by atoms with Crippen LogP contribution in [0.5, 0.6) is 0 Å². The summed E-state index contributed by atoms with van der Waals surface area (Å²) in [6.45, 7) is 4.45. The number of carboxylic acid groups (broad SMARTS) is 1. The lowest BCUT2D eigenvalue weighted by Crippen LogP contribution is -2.39. The standard InChI is InChI=1S/C17H23NO4/c1-11-5-3-4-6-14(11)15(10-16(19)20)18-17(21)13-7-8-22-12(2)9-13/h3-6,12-13,15H,7-10H2,1-2H3,(H,18,21)(H,19,20). The molecule has 1 heterocycles. The smallest absolute Gasteiger partial charge is 0.305 e. The molecule has 1 saturated heterocycles. The Morgan fingerprint density at radius 1 is 1.41 bits per heavy atom. The molecule has 1 amide bonds. The number of aliphatic carboxylic acids is 1. The zero-order valence-corrected chi connectivity index (χ0v) is 13.0. The average Bonchev–Trinajstić information content (AvgIpc) is 2.46. The highest BCUT2D eigenvalue weighted by Gasteiger charge is 2.28. The van der Waals surface area contributed by atoms with Gasteiger partial charge in [-0.3, -0.25) is 9.59 Å².